The van der Waals surface area contributed by atoms with E-state index in [0.29, 0.717) is 25.1 Å². The molecule has 0 radical (unpaired) electrons. The zero-order valence-corrected chi connectivity index (χ0v) is 23.1. The van der Waals surface area contributed by atoms with Crippen LogP contribution >= 0.6 is 11.3 Å². The minimum absolute atomic E-state index is 0.0146. The fourth-order valence-corrected chi connectivity index (χ4v) is 5.25. The van der Waals surface area contributed by atoms with Gasteiger partial charge in [0.05, 0.1) is 19.2 Å². The Balaban J connectivity index is 1.43. The number of rotatable bonds is 8. The molecule has 0 saturated heterocycles. The first kappa shape index (κ1) is 28.8. The van der Waals surface area contributed by atoms with Crippen LogP contribution in [-0.4, -0.2) is 54.7 Å². The number of aromatic carboxylic acids is 1. The van der Waals surface area contributed by atoms with Gasteiger partial charge in [0.25, 0.3) is 0 Å². The number of anilines is 1. The van der Waals surface area contributed by atoms with Crippen LogP contribution in [0.5, 0.6) is 11.5 Å². The number of carboxylic acid groups (broad SMARTS) is 1. The molecule has 2 aromatic carbocycles. The fourth-order valence-electron chi connectivity index (χ4n) is 4.64. The van der Waals surface area contributed by atoms with Crippen molar-refractivity contribution in [2.24, 2.45) is 0 Å². The number of ether oxygens (including phenoxy) is 2. The lowest BCUT2D eigenvalue weighted by molar-refractivity contribution is -0.159. The van der Waals surface area contributed by atoms with Gasteiger partial charge >= 0.3 is 23.7 Å². The van der Waals surface area contributed by atoms with Gasteiger partial charge in [-0.25, -0.2) is 19.0 Å². The second kappa shape index (κ2) is 11.1. The molecule has 0 saturated carbocycles. The molecule has 3 aromatic heterocycles. The number of hydrogen-bond donors (Lipinski definition) is 3. The van der Waals surface area contributed by atoms with E-state index in [2.05, 4.69) is 35.0 Å². The fraction of sp³-hybridized carbons (Fsp3) is 0.231. The summed E-state index contributed by atoms with van der Waals surface area (Å²) >= 11 is 0.793. The molecular formula is C26H19F4N7O6S. The summed E-state index contributed by atoms with van der Waals surface area (Å²) in [6.07, 6.45) is -3.91. The van der Waals surface area contributed by atoms with Gasteiger partial charge in [0.1, 0.15) is 11.9 Å². The molecule has 4 heterocycles. The molecule has 1 atom stereocenters. The molecule has 18 heteroatoms. The van der Waals surface area contributed by atoms with Gasteiger partial charge in [-0.1, -0.05) is 5.16 Å². The van der Waals surface area contributed by atoms with E-state index in [1.165, 1.54) is 43.0 Å². The maximum absolute atomic E-state index is 16.1. The van der Waals surface area contributed by atoms with Crippen LogP contribution < -0.4 is 20.5 Å². The number of aromatic amines is 1. The Hall–Kier alpha value is -5.26. The Morgan fingerprint density at radius 3 is 2.73 bits per heavy atom. The van der Waals surface area contributed by atoms with E-state index in [1.54, 1.807) is 0 Å². The highest BCUT2D eigenvalue weighted by atomic mass is 32.1. The van der Waals surface area contributed by atoms with Crippen LogP contribution in [0.4, 0.5) is 23.2 Å². The largest absolute Gasteiger partial charge is 0.493 e. The number of H-pyrrole nitrogens is 1. The molecule has 1 aliphatic heterocycles. The molecule has 0 amide bonds. The maximum atomic E-state index is 16.1. The van der Waals surface area contributed by atoms with Crippen LogP contribution in [0.3, 0.4) is 0 Å². The molecule has 3 N–H and O–H groups in total. The van der Waals surface area contributed by atoms with Crippen molar-refractivity contribution in [2.45, 2.75) is 25.1 Å². The van der Waals surface area contributed by atoms with Crippen molar-refractivity contribution < 1.29 is 41.5 Å². The number of aromatic nitrogens is 6. The number of fused-ring (bicyclic) bond motifs is 1. The van der Waals surface area contributed by atoms with Crippen molar-refractivity contribution >= 4 is 23.0 Å². The van der Waals surface area contributed by atoms with E-state index in [0.717, 1.165) is 16.0 Å². The third-order valence-electron chi connectivity index (χ3n) is 6.63. The van der Waals surface area contributed by atoms with Crippen molar-refractivity contribution in [1.29, 1.82) is 0 Å². The second-order valence-corrected chi connectivity index (χ2v) is 10.2. The van der Waals surface area contributed by atoms with E-state index < -0.39 is 35.6 Å². The summed E-state index contributed by atoms with van der Waals surface area (Å²) in [6.45, 7) is 0.373. The molecule has 44 heavy (non-hydrogen) atoms. The molecule has 1 unspecified atom stereocenters. The minimum atomic E-state index is -4.81. The van der Waals surface area contributed by atoms with E-state index in [1.807, 2.05) is 0 Å². The number of halogens is 4. The Bertz CT molecular complexity index is 1910. The maximum Gasteiger partial charge on any atom is 0.471 e. The van der Waals surface area contributed by atoms with E-state index in [9.17, 15) is 27.9 Å². The van der Waals surface area contributed by atoms with Crippen molar-refractivity contribution in [2.75, 3.05) is 19.0 Å². The first-order chi connectivity index (χ1) is 21.0. The Kier molecular flexibility index (Phi) is 7.28. The van der Waals surface area contributed by atoms with Gasteiger partial charge in [-0.2, -0.15) is 22.8 Å². The van der Waals surface area contributed by atoms with E-state index in [-0.39, 0.29) is 50.5 Å². The summed E-state index contributed by atoms with van der Waals surface area (Å²) in [4.78, 5) is 34.3. The number of benzene rings is 2. The zero-order chi connectivity index (χ0) is 31.2. The zero-order valence-electron chi connectivity index (χ0n) is 22.3. The summed E-state index contributed by atoms with van der Waals surface area (Å²) in [5.41, 5.74) is 1.22. The molecule has 0 aliphatic carbocycles. The lowest BCUT2D eigenvalue weighted by Gasteiger charge is -2.25. The second-order valence-electron chi connectivity index (χ2n) is 9.35. The highest BCUT2D eigenvalue weighted by Crippen LogP contribution is 2.42. The number of methoxy groups -OCH3 is 1. The number of alkyl halides is 3. The predicted octanol–water partition coefficient (Wildman–Crippen LogP) is 4.46. The first-order valence-electron chi connectivity index (χ1n) is 12.7. The van der Waals surface area contributed by atoms with E-state index >= 15 is 4.39 Å². The van der Waals surface area contributed by atoms with Gasteiger partial charge < -0.3 is 24.4 Å². The highest BCUT2D eigenvalue weighted by Gasteiger charge is 2.38. The van der Waals surface area contributed by atoms with Gasteiger partial charge in [0, 0.05) is 22.4 Å². The minimum Gasteiger partial charge on any atom is -0.493 e. The lowest BCUT2D eigenvalue weighted by Crippen LogP contribution is -2.19. The third kappa shape index (κ3) is 5.23. The average Bonchev–Trinajstić information content (AvgIpc) is 3.77. The standard InChI is InChI=1S/C26H19F4N7O6S/c1-41-15-9-14(16(27)13-3-2-8-42-18(13)15)17(21-34-25(40)37(35-21)22-19(23(38)39)44-10-31-22)32-12-6-4-11(5-7-12)20-33-24(43-36-20)26(28,29)30/h4-7,9-10,17,32H,2-3,8H2,1H3,(H,38,39)(H,34,35,40). The normalized spacial score (nSPS) is 13.7. The molecule has 6 rings (SSSR count). The average molecular weight is 634 g/mol. The molecule has 13 nitrogen and oxygen atoms in total. The number of hydrogen-bond acceptors (Lipinski definition) is 11. The molecular weight excluding hydrogens is 614 g/mol. The van der Waals surface area contributed by atoms with Crippen LogP contribution in [0.2, 0.25) is 0 Å². The molecule has 228 valence electrons. The van der Waals surface area contributed by atoms with E-state index in [4.69, 9.17) is 9.47 Å². The van der Waals surface area contributed by atoms with Crippen LogP contribution in [0.25, 0.3) is 17.2 Å². The summed E-state index contributed by atoms with van der Waals surface area (Å²) in [5.74, 6) is -3.59. The smallest absolute Gasteiger partial charge is 0.471 e. The van der Waals surface area contributed by atoms with Gasteiger partial charge in [-0.05, 0) is 43.2 Å². The predicted molar refractivity (Wildman–Crippen MR) is 144 cm³/mol. The summed E-state index contributed by atoms with van der Waals surface area (Å²) in [5, 5.41) is 20.2. The summed E-state index contributed by atoms with van der Waals surface area (Å²) in [6, 6.07) is 5.98. The Labute approximate surface area is 247 Å². The van der Waals surface area contributed by atoms with Gasteiger partial charge in [0.2, 0.25) is 5.82 Å². The first-order valence-corrected chi connectivity index (χ1v) is 13.6. The van der Waals surface area contributed by atoms with Gasteiger partial charge in [-0.3, -0.25) is 4.98 Å². The van der Waals surface area contributed by atoms with Gasteiger partial charge in [-0.15, -0.1) is 16.4 Å². The molecule has 0 fully saturated rings. The summed E-state index contributed by atoms with van der Waals surface area (Å²) in [7, 11) is 1.39. The molecule has 0 bridgehead atoms. The van der Waals surface area contributed by atoms with Crippen molar-refractivity contribution in [3.63, 3.8) is 0 Å². The van der Waals surface area contributed by atoms with Crippen molar-refractivity contribution in [3.05, 3.63) is 79.9 Å². The highest BCUT2D eigenvalue weighted by molar-refractivity contribution is 7.12. The summed E-state index contributed by atoms with van der Waals surface area (Å²) < 4.78 is 71.0. The Morgan fingerprint density at radius 1 is 1.27 bits per heavy atom. The van der Waals surface area contributed by atoms with Crippen LogP contribution in [-0.2, 0) is 12.6 Å². The quantitative estimate of drug-likeness (QED) is 0.206. The molecule has 0 spiro atoms. The van der Waals surface area contributed by atoms with Crippen LogP contribution in [0.1, 0.15) is 45.0 Å². The monoisotopic (exact) mass is 633 g/mol. The third-order valence-corrected chi connectivity index (χ3v) is 7.43. The number of carboxylic acids is 1. The molecule has 5 aromatic rings. The van der Waals surface area contributed by atoms with Crippen LogP contribution in [0, 0.1) is 5.82 Å². The number of nitrogens with zero attached hydrogens (tertiary/aromatic N) is 5. The number of nitrogens with one attached hydrogen (secondary N) is 2. The molecule has 1 aliphatic rings. The van der Waals surface area contributed by atoms with Crippen LogP contribution in [0.15, 0.2) is 45.2 Å². The number of carbonyl (C=O) groups is 1. The van der Waals surface area contributed by atoms with Gasteiger partial charge in [0.15, 0.2) is 28.0 Å². The van der Waals surface area contributed by atoms with Crippen molar-refractivity contribution in [3.8, 4) is 28.7 Å². The topological polar surface area (TPSA) is 170 Å². The SMILES string of the molecule is COc1cc(C(Nc2ccc(-c3noc(C(F)(F)F)n3)cc2)c2nn(-c3ncsc3C(=O)O)c(=O)[nH]2)c(F)c2c1OCCC2. The number of thiazole rings is 1. The van der Waals surface area contributed by atoms with Crippen molar-refractivity contribution in [1.82, 2.24) is 29.9 Å². The lowest BCUT2D eigenvalue weighted by atomic mass is 9.96. The Morgan fingerprint density at radius 2 is 2.05 bits per heavy atom.